The van der Waals surface area contributed by atoms with E-state index in [0.717, 1.165) is 0 Å². The van der Waals surface area contributed by atoms with Crippen LogP contribution >= 0.6 is 0 Å². The fourth-order valence-electron chi connectivity index (χ4n) is 2.29. The minimum atomic E-state index is -4.04. The highest BCUT2D eigenvalue weighted by molar-refractivity contribution is 7.92. The number of hydrogen-bond donors (Lipinski definition) is 1. The van der Waals surface area contributed by atoms with Gasteiger partial charge in [0.15, 0.2) is 0 Å². The van der Waals surface area contributed by atoms with Crippen LogP contribution in [0.25, 0.3) is 0 Å². The first-order valence-corrected chi connectivity index (χ1v) is 9.09. The second-order valence-electron chi connectivity index (χ2n) is 5.28. The number of esters is 2. The molecule has 0 atom stereocenters. The molecule has 0 bridgehead atoms. The van der Waals surface area contributed by atoms with Gasteiger partial charge in [0.25, 0.3) is 10.0 Å². The fourth-order valence-corrected chi connectivity index (χ4v) is 3.55. The van der Waals surface area contributed by atoms with Gasteiger partial charge in [-0.05, 0) is 32.0 Å². The summed E-state index contributed by atoms with van der Waals surface area (Å²) in [4.78, 5) is 23.6. The lowest BCUT2D eigenvalue weighted by molar-refractivity contribution is 0.0587. The van der Waals surface area contributed by atoms with Crippen molar-refractivity contribution in [2.75, 3.05) is 18.9 Å². The van der Waals surface area contributed by atoms with Crippen LogP contribution in [0.5, 0.6) is 0 Å². The molecule has 0 fully saturated rings. The van der Waals surface area contributed by atoms with Crippen molar-refractivity contribution in [3.05, 3.63) is 41.2 Å². The molecule has 0 spiro atoms. The van der Waals surface area contributed by atoms with E-state index < -0.39 is 22.0 Å². The third-order valence-electron chi connectivity index (χ3n) is 3.61. The first-order valence-electron chi connectivity index (χ1n) is 7.61. The monoisotopic (exact) mass is 381 g/mol. The summed E-state index contributed by atoms with van der Waals surface area (Å²) in [6.45, 7) is 3.89. The van der Waals surface area contributed by atoms with Crippen LogP contribution in [0.4, 0.5) is 5.69 Å². The molecule has 0 aliphatic carbocycles. The molecule has 0 saturated heterocycles. The molecule has 140 valence electrons. The lowest BCUT2D eigenvalue weighted by Gasteiger charge is -2.12. The first-order chi connectivity index (χ1) is 12.2. The van der Waals surface area contributed by atoms with Crippen molar-refractivity contribution in [3.63, 3.8) is 0 Å². The Balaban J connectivity index is 2.52. The zero-order valence-electron chi connectivity index (χ0n) is 14.8. The molecule has 0 aliphatic heterocycles. The van der Waals surface area contributed by atoms with Crippen molar-refractivity contribution in [2.45, 2.75) is 25.3 Å². The molecule has 0 aliphatic rings. The van der Waals surface area contributed by atoms with Crippen molar-refractivity contribution in [1.82, 2.24) is 9.78 Å². The van der Waals surface area contributed by atoms with E-state index in [-0.39, 0.29) is 21.7 Å². The van der Waals surface area contributed by atoms with Crippen LogP contribution in [0.2, 0.25) is 0 Å². The zero-order valence-corrected chi connectivity index (χ0v) is 15.6. The number of nitrogens with zero attached hydrogens (tertiary/aromatic N) is 2. The number of carbonyl (C=O) groups is 2. The summed E-state index contributed by atoms with van der Waals surface area (Å²) in [6.07, 6.45) is 1.39. The number of aryl methyl sites for hydroxylation is 2. The topological polar surface area (TPSA) is 117 Å². The smallest absolute Gasteiger partial charge is 0.339 e. The summed E-state index contributed by atoms with van der Waals surface area (Å²) in [7, 11) is -1.67. The molecule has 0 unspecified atom stereocenters. The molecule has 2 aromatic rings. The standard InChI is InChI=1S/C16H19N3O6S/c1-5-19-9-14(10(2)17-19)26(22,23)18-13-8-11(15(20)24-3)6-7-12(13)16(21)25-4/h6-9,18H,5H2,1-4H3. The van der Waals surface area contributed by atoms with Crippen molar-refractivity contribution in [1.29, 1.82) is 0 Å². The van der Waals surface area contributed by atoms with Gasteiger partial charge in [0.1, 0.15) is 4.90 Å². The van der Waals surface area contributed by atoms with Crippen LogP contribution in [-0.4, -0.2) is 44.4 Å². The minimum absolute atomic E-state index is 0.0290. The van der Waals surface area contributed by atoms with Gasteiger partial charge < -0.3 is 9.47 Å². The van der Waals surface area contributed by atoms with Crippen LogP contribution in [0, 0.1) is 6.92 Å². The molecule has 0 amide bonds. The van der Waals surface area contributed by atoms with Gasteiger partial charge in [0.2, 0.25) is 0 Å². The van der Waals surface area contributed by atoms with Crippen molar-refractivity contribution >= 4 is 27.6 Å². The number of ether oxygens (including phenoxy) is 2. The van der Waals surface area contributed by atoms with Gasteiger partial charge in [0, 0.05) is 12.7 Å². The van der Waals surface area contributed by atoms with E-state index in [9.17, 15) is 18.0 Å². The zero-order chi connectivity index (χ0) is 19.5. The highest BCUT2D eigenvalue weighted by Gasteiger charge is 2.24. The third kappa shape index (κ3) is 3.85. The molecule has 10 heteroatoms. The Morgan fingerprint density at radius 1 is 1.19 bits per heavy atom. The van der Waals surface area contributed by atoms with E-state index in [4.69, 9.17) is 0 Å². The molecular formula is C16H19N3O6S. The average molecular weight is 381 g/mol. The Bertz CT molecular complexity index is 949. The Labute approximate surface area is 151 Å². The van der Waals surface area contributed by atoms with Crippen LogP contribution in [-0.2, 0) is 26.0 Å². The van der Waals surface area contributed by atoms with Crippen molar-refractivity contribution in [2.24, 2.45) is 0 Å². The molecule has 26 heavy (non-hydrogen) atoms. The highest BCUT2D eigenvalue weighted by Crippen LogP contribution is 2.24. The summed E-state index contributed by atoms with van der Waals surface area (Å²) in [5, 5.41) is 4.10. The van der Waals surface area contributed by atoms with Crippen LogP contribution in [0.3, 0.4) is 0 Å². The van der Waals surface area contributed by atoms with Crippen molar-refractivity contribution in [3.8, 4) is 0 Å². The Morgan fingerprint density at radius 3 is 2.38 bits per heavy atom. The number of methoxy groups -OCH3 is 2. The quantitative estimate of drug-likeness (QED) is 0.755. The van der Waals surface area contributed by atoms with Crippen LogP contribution in [0.15, 0.2) is 29.3 Å². The average Bonchev–Trinajstić information content (AvgIpc) is 3.01. The molecule has 1 aromatic carbocycles. The van der Waals surface area contributed by atoms with E-state index in [1.165, 1.54) is 43.3 Å². The number of carbonyl (C=O) groups excluding carboxylic acids is 2. The van der Waals surface area contributed by atoms with E-state index in [1.807, 2.05) is 6.92 Å². The van der Waals surface area contributed by atoms with Crippen LogP contribution < -0.4 is 4.72 Å². The molecule has 9 nitrogen and oxygen atoms in total. The van der Waals surface area contributed by atoms with Gasteiger partial charge in [-0.1, -0.05) is 0 Å². The van der Waals surface area contributed by atoms with E-state index in [0.29, 0.717) is 12.2 Å². The molecule has 2 rings (SSSR count). The molecule has 1 N–H and O–H groups in total. The molecule has 1 aromatic heterocycles. The van der Waals surface area contributed by atoms with Crippen LogP contribution in [0.1, 0.15) is 33.3 Å². The summed E-state index contributed by atoms with van der Waals surface area (Å²) < 4.78 is 38.6. The van der Waals surface area contributed by atoms with Crippen molar-refractivity contribution < 1.29 is 27.5 Å². The number of nitrogens with one attached hydrogen (secondary N) is 1. The number of sulfonamides is 1. The summed E-state index contributed by atoms with van der Waals surface area (Å²) in [5.41, 5.74) is 0.259. The van der Waals surface area contributed by atoms with Gasteiger partial charge in [-0.15, -0.1) is 0 Å². The predicted molar refractivity (Wildman–Crippen MR) is 92.6 cm³/mol. The molecule has 0 radical (unpaired) electrons. The first kappa shape index (κ1) is 19.4. The molecule has 1 heterocycles. The normalized spacial score (nSPS) is 11.1. The Morgan fingerprint density at radius 2 is 1.85 bits per heavy atom. The predicted octanol–water partition coefficient (Wildman–Crippen LogP) is 1.59. The number of hydrogen-bond acceptors (Lipinski definition) is 7. The van der Waals surface area contributed by atoms with E-state index >= 15 is 0 Å². The summed E-state index contributed by atoms with van der Waals surface area (Å²) in [5.74, 6) is -1.42. The maximum atomic E-state index is 12.7. The Kier molecular flexibility index (Phi) is 5.66. The molecular weight excluding hydrogens is 362 g/mol. The largest absolute Gasteiger partial charge is 0.465 e. The summed E-state index contributed by atoms with van der Waals surface area (Å²) >= 11 is 0. The summed E-state index contributed by atoms with van der Waals surface area (Å²) in [6, 6.07) is 3.85. The number of benzene rings is 1. The van der Waals surface area contributed by atoms with E-state index in [1.54, 1.807) is 6.92 Å². The van der Waals surface area contributed by atoms with Gasteiger partial charge in [0.05, 0.1) is 36.7 Å². The number of aromatic nitrogens is 2. The van der Waals surface area contributed by atoms with Gasteiger partial charge in [-0.25, -0.2) is 18.0 Å². The van der Waals surface area contributed by atoms with Gasteiger partial charge in [-0.3, -0.25) is 9.40 Å². The minimum Gasteiger partial charge on any atom is -0.465 e. The van der Waals surface area contributed by atoms with Gasteiger partial charge >= 0.3 is 11.9 Å². The number of rotatable bonds is 6. The second kappa shape index (κ2) is 7.56. The maximum Gasteiger partial charge on any atom is 0.339 e. The third-order valence-corrected chi connectivity index (χ3v) is 5.07. The molecule has 0 saturated carbocycles. The Hall–Kier alpha value is -2.88. The van der Waals surface area contributed by atoms with Gasteiger partial charge in [-0.2, -0.15) is 5.10 Å². The highest BCUT2D eigenvalue weighted by atomic mass is 32.2. The fraction of sp³-hybridized carbons (Fsp3) is 0.312. The van der Waals surface area contributed by atoms with E-state index in [2.05, 4.69) is 19.3 Å². The second-order valence-corrected chi connectivity index (χ2v) is 6.93. The SMILES string of the molecule is CCn1cc(S(=O)(=O)Nc2cc(C(=O)OC)ccc2C(=O)OC)c(C)n1. The lowest BCUT2D eigenvalue weighted by Crippen LogP contribution is -2.17. The number of anilines is 1. The maximum absolute atomic E-state index is 12.7. The lowest BCUT2D eigenvalue weighted by atomic mass is 10.1.